The maximum absolute atomic E-state index is 8.69. The Morgan fingerprint density at radius 3 is 1.08 bits per heavy atom. The van der Waals surface area contributed by atoms with Crippen LogP contribution in [0.4, 0.5) is 0 Å². The fraction of sp³-hybridized carbons (Fsp3) is 0. The first-order valence-electron chi connectivity index (χ1n) is 1.36. The second-order valence-corrected chi connectivity index (χ2v) is 2.97. The Balaban J connectivity index is -0.0000000267. The van der Waals surface area contributed by atoms with Crippen LogP contribution in [0.2, 0.25) is 0 Å². The number of phosphoric acid groups is 1. The molecule has 0 radical (unpaired) electrons. The first-order chi connectivity index (χ1) is 4.00. The van der Waals surface area contributed by atoms with Gasteiger partial charge in [0.15, 0.2) is 0 Å². The second kappa shape index (κ2) is 11.9. The standard InChI is InChI=1S/Fe.2Li.Mn.H3O4P.H2O.3O/c;;;;1-5(2,3)4;;;;/h;;;;(H3,1,2,3,4);1H2;;;/q+2;3*+1;;;;;-1/p-4. The maximum atomic E-state index is 8.69. The molecule has 0 atom stereocenters. The molecule has 0 heterocycles. The monoisotopic (exact) mass is 285 g/mol. The summed E-state index contributed by atoms with van der Waals surface area (Å²) in [5.41, 5.74) is 0. The van der Waals surface area contributed by atoms with Crippen molar-refractivity contribution in [1.29, 1.82) is 0 Å². The van der Waals surface area contributed by atoms with E-state index in [2.05, 4.69) is 0 Å². The zero-order valence-corrected chi connectivity index (χ0v) is 9.66. The van der Waals surface area contributed by atoms with E-state index in [0.29, 0.717) is 0 Å². The third-order valence-corrected chi connectivity index (χ3v) is 0. The van der Waals surface area contributed by atoms with E-state index < -0.39 is 21.2 Å². The van der Waals surface area contributed by atoms with Crippen LogP contribution in [0.1, 0.15) is 0 Å². The average molecular weight is 285 g/mol. The van der Waals surface area contributed by atoms with Gasteiger partial charge < -0.3 is 19.2 Å². The van der Waals surface area contributed by atoms with Crippen molar-refractivity contribution in [2.75, 3.05) is 0 Å². The third kappa shape index (κ3) is 562. The van der Waals surface area contributed by atoms with Crippen LogP contribution in [-0.4, -0.2) is 4.19 Å². The van der Waals surface area contributed by atoms with E-state index in [9.17, 15) is 0 Å². The van der Waals surface area contributed by atoms with Crippen molar-refractivity contribution in [3.63, 3.8) is 0 Å². The van der Waals surface area contributed by atoms with Crippen LogP contribution in [0.25, 0.3) is 0 Å². The van der Waals surface area contributed by atoms with Gasteiger partial charge in [0.1, 0.15) is 0 Å². The molecular formula is HFeLi2MnO8P. The van der Waals surface area contributed by atoms with E-state index in [4.69, 9.17) is 35.3 Å². The fourth-order valence-corrected chi connectivity index (χ4v) is 0. The van der Waals surface area contributed by atoms with E-state index in [1.165, 1.54) is 0 Å². The van der Waals surface area contributed by atoms with Crippen molar-refractivity contribution >= 4 is 7.82 Å². The van der Waals surface area contributed by atoms with Gasteiger partial charge in [0.25, 0.3) is 0 Å². The summed E-state index contributed by atoms with van der Waals surface area (Å²) in [4.78, 5) is 25.6. The van der Waals surface area contributed by atoms with Gasteiger partial charge in [-0.3, -0.25) is 0 Å². The van der Waals surface area contributed by atoms with Crippen LogP contribution < -0.4 is 56.6 Å². The van der Waals surface area contributed by atoms with Gasteiger partial charge >= 0.3 is 84.2 Å². The first-order valence-corrected chi connectivity index (χ1v) is 4.80. The van der Waals surface area contributed by atoms with Gasteiger partial charge in [0.05, 0.1) is 0 Å². The van der Waals surface area contributed by atoms with Crippen molar-refractivity contribution in [3.8, 4) is 0 Å². The normalized spacial score (nSPS) is 9.00. The van der Waals surface area contributed by atoms with Gasteiger partial charge in [-0.2, -0.15) is 7.82 Å². The van der Waals surface area contributed by atoms with Gasteiger partial charge in [-0.15, -0.1) is 0 Å². The molecule has 0 unspecified atom stereocenters. The molecule has 0 aliphatic rings. The third-order valence-electron chi connectivity index (χ3n) is 0. The molecule has 0 rings (SSSR count). The van der Waals surface area contributed by atoms with Gasteiger partial charge in [0.2, 0.25) is 0 Å². The molecule has 0 aliphatic carbocycles. The number of hydrogen-bond acceptors (Lipinski definition) is 7. The summed E-state index contributed by atoms with van der Waals surface area (Å²) in [7, 11) is -5.39. The molecule has 0 aromatic heterocycles. The molecule has 0 amide bonds. The van der Waals surface area contributed by atoms with Crippen molar-refractivity contribution < 1.29 is 103 Å². The molecule has 0 saturated carbocycles. The Morgan fingerprint density at radius 1 is 1.08 bits per heavy atom. The van der Waals surface area contributed by atoms with E-state index in [1.807, 2.05) is 0 Å². The summed E-state index contributed by atoms with van der Waals surface area (Å²) < 4.78 is 41.6. The van der Waals surface area contributed by atoms with Gasteiger partial charge in [-0.05, 0) is 0 Å². The van der Waals surface area contributed by atoms with Crippen LogP contribution >= 0.6 is 7.82 Å². The predicted molar refractivity (Wildman–Crippen MR) is 11.2 cm³/mol. The fourth-order valence-electron chi connectivity index (χ4n) is 0. The van der Waals surface area contributed by atoms with E-state index in [1.54, 1.807) is 0 Å². The Kier molecular flexibility index (Phi) is 27.0. The van der Waals surface area contributed by atoms with Crippen molar-refractivity contribution in [2.24, 2.45) is 0 Å². The Hall–Kier alpha value is 1.86. The van der Waals surface area contributed by atoms with E-state index in [0.717, 1.165) is 0 Å². The van der Waals surface area contributed by atoms with E-state index in [-0.39, 0.29) is 54.8 Å². The minimum absolute atomic E-state index is 0. The molecule has 8 nitrogen and oxygen atoms in total. The van der Waals surface area contributed by atoms with Crippen LogP contribution in [-0.2, 0) is 42.7 Å². The number of hydrogen-bond donors (Lipinski definition) is 1. The molecule has 0 aliphatic heterocycles. The van der Waals surface area contributed by atoms with Gasteiger partial charge in [-0.25, -0.2) is 0 Å². The molecule has 0 aromatic carbocycles. The van der Waals surface area contributed by atoms with Gasteiger partial charge in [0, 0.05) is 0 Å². The molecule has 1 N–H and O–H groups in total. The van der Waals surface area contributed by atoms with Crippen molar-refractivity contribution in [3.05, 3.63) is 0 Å². The molecule has 13 heteroatoms. The van der Waals surface area contributed by atoms with Crippen molar-refractivity contribution in [1.82, 2.24) is 0 Å². The van der Waals surface area contributed by atoms with E-state index >= 15 is 0 Å². The summed E-state index contributed by atoms with van der Waals surface area (Å²) in [5.74, 6) is 0. The zero-order valence-electron chi connectivity index (χ0n) is 6.48. The quantitative estimate of drug-likeness (QED) is 0.338. The summed E-state index contributed by atoms with van der Waals surface area (Å²) in [6.07, 6.45) is 0. The minimum atomic E-state index is -5.39. The predicted octanol–water partition coefficient (Wildman–Crippen LogP) is -10.8. The van der Waals surface area contributed by atoms with Crippen LogP contribution in [0.5, 0.6) is 0 Å². The molecule has 0 aromatic rings. The topological polar surface area (TPSA) is 164 Å². The Labute approximate surface area is 110 Å². The number of rotatable bonds is 0. The molecule has 0 fully saturated rings. The zero-order chi connectivity index (χ0) is 9.00. The molecule has 0 bridgehead atoms. The summed E-state index contributed by atoms with van der Waals surface area (Å²) in [6, 6.07) is 0. The summed E-state index contributed by atoms with van der Waals surface area (Å²) in [6.45, 7) is 0. The van der Waals surface area contributed by atoms with Gasteiger partial charge in [-0.1, -0.05) is 0 Å². The summed E-state index contributed by atoms with van der Waals surface area (Å²) >= 11 is -5.38. The second-order valence-electron chi connectivity index (χ2n) is 0.843. The van der Waals surface area contributed by atoms with Crippen LogP contribution in [0, 0.1) is 0 Å². The molecule has 71 valence electrons. The first kappa shape index (κ1) is 29.4. The molecule has 0 saturated heterocycles. The van der Waals surface area contributed by atoms with Crippen LogP contribution in [0.15, 0.2) is 0 Å². The molecule has 0 spiro atoms. The Morgan fingerprint density at radius 2 is 1.08 bits per heavy atom. The van der Waals surface area contributed by atoms with Crippen molar-refractivity contribution in [2.45, 2.75) is 0 Å². The molecular weight excluding hydrogens is 284 g/mol. The van der Waals surface area contributed by atoms with Crippen LogP contribution in [0.3, 0.4) is 0 Å². The SMILES string of the molecule is O=P([O-])([O-])[O-].[Fe+2].[Li+].[Li+].[O]=[Mn](=[O])([O-])[OH]. The molecule has 13 heavy (non-hydrogen) atoms. The Bertz CT molecular complexity index is 200. The average Bonchev–Trinajstić information content (AvgIpc) is 1.12. The summed E-state index contributed by atoms with van der Waals surface area (Å²) in [5, 5.41) is 0.